The van der Waals surface area contributed by atoms with Gasteiger partial charge in [-0.25, -0.2) is 4.79 Å². The minimum atomic E-state index is -0.327. The number of nitrogens with zero attached hydrogens (tertiary/aromatic N) is 1. The van der Waals surface area contributed by atoms with Crippen molar-refractivity contribution in [2.75, 3.05) is 13.2 Å². The van der Waals surface area contributed by atoms with Crippen LogP contribution < -0.4 is 5.63 Å². The van der Waals surface area contributed by atoms with Crippen LogP contribution in [0.3, 0.4) is 0 Å². The molecule has 0 atom stereocenters. The number of fused-ring (bicyclic) bond motifs is 3. The lowest BCUT2D eigenvalue weighted by Crippen LogP contribution is -2.07. The summed E-state index contributed by atoms with van der Waals surface area (Å²) in [5.41, 5.74) is 2.91. The fraction of sp³-hybridized carbons (Fsp3) is 0.294. The second-order valence-electron chi connectivity index (χ2n) is 4.96. The monoisotopic (exact) mass is 283 g/mol. The number of hydrogen-bond donors (Lipinski definition) is 0. The molecule has 4 heteroatoms. The number of aromatic nitrogens is 1. The molecule has 3 rings (SSSR count). The van der Waals surface area contributed by atoms with Crippen LogP contribution in [0.2, 0.25) is 0 Å². The van der Waals surface area contributed by atoms with Gasteiger partial charge in [0.25, 0.3) is 0 Å². The van der Waals surface area contributed by atoms with Crippen molar-refractivity contribution in [1.82, 2.24) is 4.98 Å². The molecule has 0 aliphatic heterocycles. The smallest absolute Gasteiger partial charge is 0.346 e. The van der Waals surface area contributed by atoms with Gasteiger partial charge in [0.15, 0.2) is 0 Å². The van der Waals surface area contributed by atoms with Crippen molar-refractivity contribution in [3.63, 3.8) is 0 Å². The Kier molecular flexibility index (Phi) is 3.71. The number of benzene rings is 1. The first kappa shape index (κ1) is 13.8. The van der Waals surface area contributed by atoms with Crippen molar-refractivity contribution in [2.45, 2.75) is 20.3 Å². The van der Waals surface area contributed by atoms with Crippen molar-refractivity contribution >= 4 is 21.9 Å². The third kappa shape index (κ3) is 2.43. The van der Waals surface area contributed by atoms with Gasteiger partial charge in [-0.15, -0.1) is 0 Å². The van der Waals surface area contributed by atoms with E-state index in [9.17, 15) is 4.79 Å². The number of aryl methyl sites for hydroxylation is 1. The Hall–Kier alpha value is -2.20. The van der Waals surface area contributed by atoms with Gasteiger partial charge in [0.2, 0.25) is 0 Å². The maximum absolute atomic E-state index is 12.3. The molecule has 0 spiro atoms. The van der Waals surface area contributed by atoms with Crippen molar-refractivity contribution < 1.29 is 9.15 Å². The Morgan fingerprint density at radius 1 is 1.29 bits per heavy atom. The highest BCUT2D eigenvalue weighted by Crippen LogP contribution is 2.24. The second kappa shape index (κ2) is 5.66. The van der Waals surface area contributed by atoms with E-state index in [1.54, 1.807) is 6.07 Å². The summed E-state index contributed by atoms with van der Waals surface area (Å²) in [7, 11) is 0. The number of rotatable bonds is 4. The molecule has 2 aromatic heterocycles. The zero-order chi connectivity index (χ0) is 14.8. The van der Waals surface area contributed by atoms with Crippen LogP contribution in [0, 0.1) is 6.92 Å². The van der Waals surface area contributed by atoms with E-state index in [4.69, 9.17) is 9.15 Å². The summed E-state index contributed by atoms with van der Waals surface area (Å²) >= 11 is 0. The standard InChI is InChI=1S/C17H17NO3/c1-3-20-9-8-12-10-18-16-13-6-4-5-7-14(13)21-17(19)15(16)11(12)2/h4-7,10H,3,8-9H2,1-2H3. The quantitative estimate of drug-likeness (QED) is 0.419. The third-order valence-electron chi connectivity index (χ3n) is 3.71. The summed E-state index contributed by atoms with van der Waals surface area (Å²) < 4.78 is 10.8. The SMILES string of the molecule is CCOCCc1cnc2c(c1C)c(=O)oc1ccccc12. The van der Waals surface area contributed by atoms with Gasteiger partial charge >= 0.3 is 5.63 Å². The Bertz CT molecular complexity index is 852. The second-order valence-corrected chi connectivity index (χ2v) is 4.96. The first-order valence-corrected chi connectivity index (χ1v) is 7.10. The van der Waals surface area contributed by atoms with Gasteiger partial charge in [-0.3, -0.25) is 4.98 Å². The van der Waals surface area contributed by atoms with Crippen LogP contribution in [0.15, 0.2) is 39.7 Å². The average molecular weight is 283 g/mol. The van der Waals surface area contributed by atoms with Gasteiger partial charge in [0, 0.05) is 18.2 Å². The Balaban J connectivity index is 2.21. The molecule has 0 fully saturated rings. The van der Waals surface area contributed by atoms with Gasteiger partial charge in [0.1, 0.15) is 5.58 Å². The maximum atomic E-state index is 12.3. The van der Waals surface area contributed by atoms with Crippen LogP contribution in [0.5, 0.6) is 0 Å². The van der Waals surface area contributed by atoms with Crippen LogP contribution >= 0.6 is 0 Å². The van der Waals surface area contributed by atoms with E-state index in [0.29, 0.717) is 29.7 Å². The van der Waals surface area contributed by atoms with E-state index in [0.717, 1.165) is 22.9 Å². The van der Waals surface area contributed by atoms with E-state index in [2.05, 4.69) is 4.98 Å². The van der Waals surface area contributed by atoms with Crippen molar-refractivity contribution in [1.29, 1.82) is 0 Å². The zero-order valence-electron chi connectivity index (χ0n) is 12.2. The van der Waals surface area contributed by atoms with Gasteiger partial charge in [-0.2, -0.15) is 0 Å². The molecule has 0 N–H and O–H groups in total. The molecule has 1 aromatic carbocycles. The Morgan fingerprint density at radius 3 is 2.90 bits per heavy atom. The van der Waals surface area contributed by atoms with Crippen LogP contribution in [-0.4, -0.2) is 18.2 Å². The molecule has 0 saturated heterocycles. The molecular formula is C17H17NO3. The molecule has 0 saturated carbocycles. The third-order valence-corrected chi connectivity index (χ3v) is 3.71. The lowest BCUT2D eigenvalue weighted by molar-refractivity contribution is 0.151. The summed E-state index contributed by atoms with van der Waals surface area (Å²) in [5, 5.41) is 1.44. The van der Waals surface area contributed by atoms with E-state index >= 15 is 0 Å². The van der Waals surface area contributed by atoms with Crippen molar-refractivity contribution in [2.24, 2.45) is 0 Å². The minimum absolute atomic E-state index is 0.327. The summed E-state index contributed by atoms with van der Waals surface area (Å²) in [6.07, 6.45) is 2.58. The maximum Gasteiger partial charge on any atom is 0.346 e. The highest BCUT2D eigenvalue weighted by Gasteiger charge is 2.13. The fourth-order valence-electron chi connectivity index (χ4n) is 2.58. The molecule has 21 heavy (non-hydrogen) atoms. The molecule has 0 unspecified atom stereocenters. The summed E-state index contributed by atoms with van der Waals surface area (Å²) in [4.78, 5) is 16.8. The summed E-state index contributed by atoms with van der Waals surface area (Å²) in [6.45, 7) is 5.22. The minimum Gasteiger partial charge on any atom is -0.422 e. The largest absolute Gasteiger partial charge is 0.422 e. The van der Waals surface area contributed by atoms with E-state index < -0.39 is 0 Å². The van der Waals surface area contributed by atoms with Crippen LogP contribution in [0.4, 0.5) is 0 Å². The molecule has 0 aliphatic rings. The topological polar surface area (TPSA) is 52.3 Å². The first-order valence-electron chi connectivity index (χ1n) is 7.10. The molecule has 4 nitrogen and oxygen atoms in total. The predicted molar refractivity (Wildman–Crippen MR) is 82.7 cm³/mol. The van der Waals surface area contributed by atoms with Crippen LogP contribution in [0.25, 0.3) is 21.9 Å². The number of hydrogen-bond acceptors (Lipinski definition) is 4. The molecule has 0 amide bonds. The van der Waals surface area contributed by atoms with E-state index in [1.165, 1.54) is 0 Å². The fourth-order valence-corrected chi connectivity index (χ4v) is 2.58. The summed E-state index contributed by atoms with van der Waals surface area (Å²) in [5.74, 6) is 0. The lowest BCUT2D eigenvalue weighted by atomic mass is 10.0. The molecule has 0 radical (unpaired) electrons. The predicted octanol–water partition coefficient (Wildman–Crippen LogP) is 3.23. The molecule has 2 heterocycles. The number of pyridine rings is 1. The number of para-hydroxylation sites is 1. The molecule has 0 bridgehead atoms. The average Bonchev–Trinajstić information content (AvgIpc) is 2.49. The van der Waals surface area contributed by atoms with Crippen molar-refractivity contribution in [3.8, 4) is 0 Å². The highest BCUT2D eigenvalue weighted by molar-refractivity contribution is 6.02. The molecule has 0 aliphatic carbocycles. The Labute approximate surface area is 122 Å². The molecule has 3 aromatic rings. The first-order chi connectivity index (χ1) is 10.2. The highest BCUT2D eigenvalue weighted by atomic mass is 16.5. The zero-order valence-corrected chi connectivity index (χ0v) is 12.2. The van der Waals surface area contributed by atoms with Crippen molar-refractivity contribution in [3.05, 3.63) is 52.0 Å². The lowest BCUT2D eigenvalue weighted by Gasteiger charge is -2.09. The molecular weight excluding hydrogens is 266 g/mol. The summed E-state index contributed by atoms with van der Waals surface area (Å²) in [6, 6.07) is 7.48. The Morgan fingerprint density at radius 2 is 2.10 bits per heavy atom. The van der Waals surface area contributed by atoms with Crippen LogP contribution in [0.1, 0.15) is 18.1 Å². The normalized spacial score (nSPS) is 11.3. The number of ether oxygens (including phenoxy) is 1. The van der Waals surface area contributed by atoms with Gasteiger partial charge in [0.05, 0.1) is 17.5 Å². The van der Waals surface area contributed by atoms with Gasteiger partial charge in [-0.1, -0.05) is 12.1 Å². The van der Waals surface area contributed by atoms with Gasteiger partial charge in [-0.05, 0) is 43.5 Å². The molecule has 108 valence electrons. The van der Waals surface area contributed by atoms with E-state index in [1.807, 2.05) is 38.2 Å². The van der Waals surface area contributed by atoms with Crippen LogP contribution in [-0.2, 0) is 11.2 Å². The van der Waals surface area contributed by atoms with E-state index in [-0.39, 0.29) is 5.63 Å². The van der Waals surface area contributed by atoms with Gasteiger partial charge < -0.3 is 9.15 Å².